The van der Waals surface area contributed by atoms with Crippen molar-refractivity contribution in [2.24, 2.45) is 0 Å². The molecular formula is C9H18NOPS2. The van der Waals surface area contributed by atoms with E-state index in [9.17, 15) is 4.79 Å². The van der Waals surface area contributed by atoms with E-state index in [2.05, 4.69) is 21.5 Å². The Hall–Kier alpha value is 0.340. The molecule has 5 heteroatoms. The molecule has 82 valence electrons. The minimum absolute atomic E-state index is 0.0819. The highest BCUT2D eigenvalue weighted by Crippen LogP contribution is 2.12. The van der Waals surface area contributed by atoms with E-state index in [1.54, 1.807) is 11.8 Å². The Morgan fingerprint density at radius 2 is 2.21 bits per heavy atom. The molecule has 0 aromatic heterocycles. The summed E-state index contributed by atoms with van der Waals surface area (Å²) in [7, 11) is 2.46. The molecule has 0 bridgehead atoms. The number of thioether (sulfide) groups is 1. The van der Waals surface area contributed by atoms with Gasteiger partial charge in [-0.2, -0.15) is 0 Å². The van der Waals surface area contributed by atoms with Crippen LogP contribution in [-0.4, -0.2) is 22.1 Å². The summed E-state index contributed by atoms with van der Waals surface area (Å²) >= 11 is 6.85. The second kappa shape index (κ2) is 9.88. The van der Waals surface area contributed by atoms with Gasteiger partial charge in [0, 0.05) is 16.9 Å². The molecular weight excluding hydrogens is 233 g/mol. The largest absolute Gasteiger partial charge is 0.353 e. The van der Waals surface area contributed by atoms with Crippen LogP contribution in [0.2, 0.25) is 0 Å². The van der Waals surface area contributed by atoms with E-state index < -0.39 is 0 Å². The van der Waals surface area contributed by atoms with Crippen molar-refractivity contribution in [3.8, 4) is 0 Å². The molecule has 0 saturated heterocycles. The number of rotatable bonds is 7. The zero-order chi connectivity index (χ0) is 10.8. The van der Waals surface area contributed by atoms with Gasteiger partial charge >= 0.3 is 0 Å². The zero-order valence-corrected chi connectivity index (χ0v) is 11.3. The molecule has 0 radical (unpaired) electrons. The Bertz CT molecular complexity index is 188. The number of hydrogen-bond donors (Lipinski definition) is 1. The van der Waals surface area contributed by atoms with Gasteiger partial charge in [0.1, 0.15) is 0 Å². The van der Waals surface area contributed by atoms with Crippen LogP contribution in [-0.2, 0) is 4.79 Å². The summed E-state index contributed by atoms with van der Waals surface area (Å²) in [6.45, 7) is 2.16. The van der Waals surface area contributed by atoms with Gasteiger partial charge in [0.25, 0.3) is 0 Å². The molecule has 0 aliphatic heterocycles. The highest BCUT2D eigenvalue weighted by atomic mass is 32.2. The lowest BCUT2D eigenvalue weighted by atomic mass is 10.3. The van der Waals surface area contributed by atoms with Crippen LogP contribution >= 0.6 is 33.2 Å². The van der Waals surface area contributed by atoms with Gasteiger partial charge in [0.2, 0.25) is 5.91 Å². The van der Waals surface area contributed by atoms with Gasteiger partial charge in [-0.3, -0.25) is 4.79 Å². The molecule has 0 aliphatic rings. The summed E-state index contributed by atoms with van der Waals surface area (Å²) in [5.74, 6) is 1.17. The Labute approximate surface area is 98.2 Å². The zero-order valence-electron chi connectivity index (χ0n) is 8.54. The lowest BCUT2D eigenvalue weighted by molar-refractivity contribution is -0.120. The van der Waals surface area contributed by atoms with Crippen molar-refractivity contribution in [3.05, 3.63) is 0 Å². The minimum atomic E-state index is 0.0819. The van der Waals surface area contributed by atoms with Crippen LogP contribution < -0.4 is 5.32 Å². The van der Waals surface area contributed by atoms with E-state index in [-0.39, 0.29) is 5.91 Å². The molecule has 2 nitrogen and oxygen atoms in total. The summed E-state index contributed by atoms with van der Waals surface area (Å²) in [6.07, 6.45) is 4.26. The maximum absolute atomic E-state index is 11.1. The highest BCUT2D eigenvalue weighted by molar-refractivity contribution is 8.23. The maximum Gasteiger partial charge on any atom is 0.220 e. The topological polar surface area (TPSA) is 29.1 Å². The van der Waals surface area contributed by atoms with E-state index in [1.807, 2.05) is 0 Å². The first kappa shape index (κ1) is 14.3. The van der Waals surface area contributed by atoms with Crippen molar-refractivity contribution < 1.29 is 4.79 Å². The summed E-state index contributed by atoms with van der Waals surface area (Å²) in [6, 6.07) is 0. The second-order valence-corrected chi connectivity index (χ2v) is 5.23. The van der Waals surface area contributed by atoms with Gasteiger partial charge in [-0.15, -0.1) is 21.0 Å². The third kappa shape index (κ3) is 8.92. The first-order valence-corrected chi connectivity index (χ1v) is 7.04. The Morgan fingerprint density at radius 3 is 2.79 bits per heavy atom. The molecule has 1 atom stereocenters. The predicted octanol–water partition coefficient (Wildman–Crippen LogP) is 2.58. The summed E-state index contributed by atoms with van der Waals surface area (Å²) in [4.78, 5) is 11.1. The molecule has 0 rings (SSSR count). The van der Waals surface area contributed by atoms with Crippen molar-refractivity contribution in [3.63, 3.8) is 0 Å². The molecule has 1 unspecified atom stereocenters. The van der Waals surface area contributed by atoms with E-state index in [0.29, 0.717) is 12.7 Å². The quantitative estimate of drug-likeness (QED) is 0.428. The van der Waals surface area contributed by atoms with Crippen molar-refractivity contribution in [2.75, 3.05) is 12.0 Å². The van der Waals surface area contributed by atoms with E-state index in [0.717, 1.165) is 16.4 Å². The van der Waals surface area contributed by atoms with Crippen LogP contribution in [0.5, 0.6) is 0 Å². The van der Waals surface area contributed by atoms with Crippen LogP contribution in [0.25, 0.3) is 0 Å². The fourth-order valence-electron chi connectivity index (χ4n) is 0.820. The van der Waals surface area contributed by atoms with Crippen molar-refractivity contribution in [1.29, 1.82) is 0 Å². The van der Waals surface area contributed by atoms with Gasteiger partial charge in [0.15, 0.2) is 0 Å². The van der Waals surface area contributed by atoms with Gasteiger partial charge in [-0.05, 0) is 18.6 Å². The second-order valence-electron chi connectivity index (χ2n) is 2.88. The minimum Gasteiger partial charge on any atom is -0.353 e. The third-order valence-corrected chi connectivity index (χ3v) is 3.40. The average Bonchev–Trinajstić information content (AvgIpc) is 2.16. The molecule has 1 N–H and O–H groups in total. The molecule has 0 saturated carbocycles. The van der Waals surface area contributed by atoms with Crippen LogP contribution in [0.4, 0.5) is 0 Å². The molecule has 0 heterocycles. The van der Waals surface area contributed by atoms with Crippen LogP contribution in [0.1, 0.15) is 32.6 Å². The van der Waals surface area contributed by atoms with Crippen molar-refractivity contribution >= 4 is 43.3 Å². The van der Waals surface area contributed by atoms with Gasteiger partial charge < -0.3 is 5.32 Å². The number of nitrogens with one attached hydrogen (secondary N) is 1. The lowest BCUT2D eigenvalue weighted by Crippen LogP contribution is -2.21. The van der Waals surface area contributed by atoms with Crippen molar-refractivity contribution in [1.82, 2.24) is 5.32 Å². The molecule has 0 spiro atoms. The van der Waals surface area contributed by atoms with E-state index in [4.69, 9.17) is 12.2 Å². The molecule has 0 fully saturated rings. The highest BCUT2D eigenvalue weighted by Gasteiger charge is 2.02. The molecule has 0 aliphatic carbocycles. The molecule has 1 amide bonds. The van der Waals surface area contributed by atoms with Crippen LogP contribution in [0.15, 0.2) is 0 Å². The number of amides is 1. The number of hydrogen-bond acceptors (Lipinski definition) is 3. The van der Waals surface area contributed by atoms with Crippen molar-refractivity contribution in [2.45, 2.75) is 32.6 Å². The van der Waals surface area contributed by atoms with Gasteiger partial charge in [0.05, 0.1) is 0 Å². The fraction of sp³-hybridized carbons (Fsp3) is 0.778. The normalized spacial score (nSPS) is 9.86. The number of carbonyl (C=O) groups is 1. The molecule has 0 aromatic rings. The number of carbonyl (C=O) groups excluding carboxylic acids is 1. The Kier molecular flexibility index (Phi) is 10.1. The number of unbranched alkanes of at least 4 members (excludes halogenated alkanes) is 1. The standard InChI is InChI=1S/C9H18NOPS2/c1-2-3-6-14-9(13)5-4-8(11)10-7-12/h2-7,12H2,1H3,(H,10,11). The first-order chi connectivity index (χ1) is 6.70. The average molecular weight is 251 g/mol. The Balaban J connectivity index is 3.39. The number of thiocarbonyl (C=S) groups is 1. The summed E-state index contributed by atoms with van der Waals surface area (Å²) in [5, 5.41) is 2.72. The smallest absolute Gasteiger partial charge is 0.220 e. The molecule has 14 heavy (non-hydrogen) atoms. The SMILES string of the molecule is CCCCSC(=S)CCC(=O)NCP. The van der Waals surface area contributed by atoms with Gasteiger partial charge in [-0.25, -0.2) is 0 Å². The van der Waals surface area contributed by atoms with Gasteiger partial charge in [-0.1, -0.05) is 25.6 Å². The van der Waals surface area contributed by atoms with Crippen LogP contribution in [0.3, 0.4) is 0 Å². The monoisotopic (exact) mass is 251 g/mol. The third-order valence-electron chi connectivity index (χ3n) is 1.62. The summed E-state index contributed by atoms with van der Waals surface area (Å²) < 4.78 is 0.956. The molecule has 0 aromatic carbocycles. The van der Waals surface area contributed by atoms with E-state index in [1.165, 1.54) is 12.8 Å². The Morgan fingerprint density at radius 1 is 1.50 bits per heavy atom. The lowest BCUT2D eigenvalue weighted by Gasteiger charge is -2.03. The van der Waals surface area contributed by atoms with E-state index >= 15 is 0 Å². The predicted molar refractivity (Wildman–Crippen MR) is 71.9 cm³/mol. The summed E-state index contributed by atoms with van der Waals surface area (Å²) in [5.41, 5.74) is 0. The first-order valence-electron chi connectivity index (χ1n) is 4.83. The van der Waals surface area contributed by atoms with Crippen LogP contribution in [0, 0.1) is 0 Å². The fourth-order valence-corrected chi connectivity index (χ4v) is 2.31. The maximum atomic E-state index is 11.1.